The van der Waals surface area contributed by atoms with Crippen LogP contribution in [0.3, 0.4) is 0 Å². The highest BCUT2D eigenvalue weighted by Gasteiger charge is 2.29. The fourth-order valence-electron chi connectivity index (χ4n) is 2.32. The Kier molecular flexibility index (Phi) is 4.49. The zero-order valence-corrected chi connectivity index (χ0v) is 11.7. The molecule has 100 valence electrons. The molecule has 1 aromatic rings. The van der Waals surface area contributed by atoms with Gasteiger partial charge in [-0.15, -0.1) is 0 Å². The highest BCUT2D eigenvalue weighted by atomic mass is 35.5. The first-order chi connectivity index (χ1) is 8.63. The summed E-state index contributed by atoms with van der Waals surface area (Å²) in [5.74, 6) is 0.865. The van der Waals surface area contributed by atoms with Gasteiger partial charge in [0.1, 0.15) is 5.75 Å². The molecule has 1 aromatic carbocycles. The van der Waals surface area contributed by atoms with Crippen molar-refractivity contribution >= 4 is 11.6 Å². The molecule has 2 rings (SSSR count). The third kappa shape index (κ3) is 3.37. The molecule has 1 N–H and O–H groups in total. The Morgan fingerprint density at radius 2 is 2.33 bits per heavy atom. The second kappa shape index (κ2) is 5.91. The summed E-state index contributed by atoms with van der Waals surface area (Å²) in [6.07, 6.45) is 2.27. The van der Waals surface area contributed by atoms with Gasteiger partial charge in [0.05, 0.1) is 12.7 Å². The van der Waals surface area contributed by atoms with Crippen molar-refractivity contribution < 1.29 is 9.47 Å². The quantitative estimate of drug-likeness (QED) is 0.891. The van der Waals surface area contributed by atoms with E-state index < -0.39 is 0 Å². The van der Waals surface area contributed by atoms with Crippen LogP contribution in [0.25, 0.3) is 0 Å². The maximum atomic E-state index is 6.00. The van der Waals surface area contributed by atoms with E-state index in [9.17, 15) is 0 Å². The minimum Gasteiger partial charge on any atom is -0.496 e. The van der Waals surface area contributed by atoms with Crippen molar-refractivity contribution in [1.82, 2.24) is 5.32 Å². The molecule has 1 fully saturated rings. The number of methoxy groups -OCH3 is 1. The van der Waals surface area contributed by atoms with E-state index in [1.165, 1.54) is 0 Å². The van der Waals surface area contributed by atoms with Gasteiger partial charge in [0.2, 0.25) is 0 Å². The largest absolute Gasteiger partial charge is 0.496 e. The summed E-state index contributed by atoms with van der Waals surface area (Å²) in [6.45, 7) is 4.62. The van der Waals surface area contributed by atoms with E-state index in [1.807, 2.05) is 18.2 Å². The molecule has 0 amide bonds. The maximum Gasteiger partial charge on any atom is 0.123 e. The lowest BCUT2D eigenvalue weighted by atomic mass is 10.0. The monoisotopic (exact) mass is 269 g/mol. The van der Waals surface area contributed by atoms with Crippen LogP contribution < -0.4 is 10.1 Å². The topological polar surface area (TPSA) is 30.5 Å². The van der Waals surface area contributed by atoms with E-state index in [4.69, 9.17) is 21.1 Å². The first-order valence-corrected chi connectivity index (χ1v) is 6.68. The highest BCUT2D eigenvalue weighted by Crippen LogP contribution is 2.25. The fourth-order valence-corrected chi connectivity index (χ4v) is 2.52. The number of hydrogen-bond acceptors (Lipinski definition) is 3. The molecule has 1 aliphatic heterocycles. The Morgan fingerprint density at radius 1 is 1.50 bits per heavy atom. The molecule has 1 atom stereocenters. The van der Waals surface area contributed by atoms with Gasteiger partial charge in [-0.2, -0.15) is 0 Å². The summed E-state index contributed by atoms with van der Waals surface area (Å²) in [4.78, 5) is 0. The van der Waals surface area contributed by atoms with Crippen LogP contribution in [0.2, 0.25) is 5.02 Å². The average molecular weight is 270 g/mol. The van der Waals surface area contributed by atoms with Crippen LogP contribution in [0, 0.1) is 0 Å². The Morgan fingerprint density at radius 3 is 3.00 bits per heavy atom. The van der Waals surface area contributed by atoms with Gasteiger partial charge >= 0.3 is 0 Å². The van der Waals surface area contributed by atoms with E-state index >= 15 is 0 Å². The van der Waals surface area contributed by atoms with Crippen molar-refractivity contribution in [2.75, 3.05) is 20.3 Å². The van der Waals surface area contributed by atoms with Crippen molar-refractivity contribution in [3.05, 3.63) is 28.8 Å². The zero-order valence-electron chi connectivity index (χ0n) is 11.0. The summed E-state index contributed by atoms with van der Waals surface area (Å²) in [7, 11) is 1.67. The van der Waals surface area contributed by atoms with Gasteiger partial charge in [-0.25, -0.2) is 0 Å². The van der Waals surface area contributed by atoms with Crippen LogP contribution in [0.5, 0.6) is 5.75 Å². The first-order valence-electron chi connectivity index (χ1n) is 6.30. The lowest BCUT2D eigenvalue weighted by Gasteiger charge is -2.23. The van der Waals surface area contributed by atoms with Gasteiger partial charge in [0.25, 0.3) is 0 Å². The SMILES string of the molecule is COc1ccc(Cl)cc1CNCC1(C)CCCO1. The van der Waals surface area contributed by atoms with E-state index in [0.717, 1.165) is 48.9 Å². The lowest BCUT2D eigenvalue weighted by molar-refractivity contribution is 0.0206. The minimum atomic E-state index is -0.0220. The number of rotatable bonds is 5. The Hall–Kier alpha value is -0.770. The molecule has 3 nitrogen and oxygen atoms in total. The van der Waals surface area contributed by atoms with Crippen LogP contribution >= 0.6 is 11.6 Å². The first kappa shape index (κ1) is 13.7. The third-order valence-corrected chi connectivity index (χ3v) is 3.59. The molecule has 1 saturated heterocycles. The zero-order chi connectivity index (χ0) is 13.0. The van der Waals surface area contributed by atoms with Crippen molar-refractivity contribution in [2.45, 2.75) is 31.9 Å². The molecular formula is C14H20ClNO2. The molecular weight excluding hydrogens is 250 g/mol. The number of benzene rings is 1. The number of hydrogen-bond donors (Lipinski definition) is 1. The Labute approximate surface area is 113 Å². The van der Waals surface area contributed by atoms with Crippen LogP contribution in [0.4, 0.5) is 0 Å². The van der Waals surface area contributed by atoms with E-state index in [2.05, 4.69) is 12.2 Å². The summed E-state index contributed by atoms with van der Waals surface area (Å²) >= 11 is 6.00. The van der Waals surface area contributed by atoms with Crippen LogP contribution in [0.1, 0.15) is 25.3 Å². The van der Waals surface area contributed by atoms with Gasteiger partial charge in [-0.3, -0.25) is 0 Å². The number of ether oxygens (including phenoxy) is 2. The summed E-state index contributed by atoms with van der Waals surface area (Å²) in [5.41, 5.74) is 1.05. The van der Waals surface area contributed by atoms with Gasteiger partial charge in [0.15, 0.2) is 0 Å². The van der Waals surface area contributed by atoms with Crippen LogP contribution in [0.15, 0.2) is 18.2 Å². The molecule has 18 heavy (non-hydrogen) atoms. The predicted octanol–water partition coefficient (Wildman–Crippen LogP) is 3.01. The fraction of sp³-hybridized carbons (Fsp3) is 0.571. The molecule has 0 saturated carbocycles. The van der Waals surface area contributed by atoms with Gasteiger partial charge < -0.3 is 14.8 Å². The summed E-state index contributed by atoms with van der Waals surface area (Å²) in [6, 6.07) is 5.67. The van der Waals surface area contributed by atoms with Crippen molar-refractivity contribution in [2.24, 2.45) is 0 Å². The second-order valence-electron chi connectivity index (χ2n) is 4.96. The Balaban J connectivity index is 1.91. The summed E-state index contributed by atoms with van der Waals surface area (Å²) in [5, 5.41) is 4.15. The van der Waals surface area contributed by atoms with Gasteiger partial charge in [-0.05, 0) is 38.0 Å². The van der Waals surface area contributed by atoms with Crippen molar-refractivity contribution in [3.8, 4) is 5.75 Å². The molecule has 0 aliphatic carbocycles. The molecule has 0 bridgehead atoms. The Bertz CT molecular complexity index is 403. The third-order valence-electron chi connectivity index (χ3n) is 3.36. The lowest BCUT2D eigenvalue weighted by Crippen LogP contribution is -2.36. The van der Waals surface area contributed by atoms with Gasteiger partial charge in [0, 0.05) is 30.3 Å². The standard InChI is InChI=1S/C14H20ClNO2/c1-14(6-3-7-18-14)10-16-9-11-8-12(15)4-5-13(11)17-2/h4-5,8,16H,3,6-7,9-10H2,1-2H3. The highest BCUT2D eigenvalue weighted by molar-refractivity contribution is 6.30. The van der Waals surface area contributed by atoms with E-state index in [0.29, 0.717) is 0 Å². The maximum absolute atomic E-state index is 6.00. The molecule has 0 radical (unpaired) electrons. The van der Waals surface area contributed by atoms with E-state index in [-0.39, 0.29) is 5.60 Å². The molecule has 4 heteroatoms. The predicted molar refractivity (Wildman–Crippen MR) is 73.3 cm³/mol. The smallest absolute Gasteiger partial charge is 0.123 e. The van der Waals surface area contributed by atoms with Crippen molar-refractivity contribution in [3.63, 3.8) is 0 Å². The van der Waals surface area contributed by atoms with Crippen LogP contribution in [-0.4, -0.2) is 25.9 Å². The molecule has 1 unspecified atom stereocenters. The normalized spacial score (nSPS) is 23.3. The molecule has 1 heterocycles. The molecule has 0 aromatic heterocycles. The molecule has 1 aliphatic rings. The number of halogens is 1. The van der Waals surface area contributed by atoms with Crippen LogP contribution in [-0.2, 0) is 11.3 Å². The van der Waals surface area contributed by atoms with Crippen molar-refractivity contribution in [1.29, 1.82) is 0 Å². The number of nitrogens with one attached hydrogen (secondary N) is 1. The van der Waals surface area contributed by atoms with E-state index in [1.54, 1.807) is 7.11 Å². The average Bonchev–Trinajstić information content (AvgIpc) is 2.77. The van der Waals surface area contributed by atoms with Gasteiger partial charge in [-0.1, -0.05) is 11.6 Å². The second-order valence-corrected chi connectivity index (χ2v) is 5.40. The molecule has 0 spiro atoms. The summed E-state index contributed by atoms with van der Waals surface area (Å²) < 4.78 is 11.1. The minimum absolute atomic E-state index is 0.0220.